The van der Waals surface area contributed by atoms with Gasteiger partial charge >= 0.3 is 5.97 Å². The zero-order valence-electron chi connectivity index (χ0n) is 14.4. The Labute approximate surface area is 146 Å². The van der Waals surface area contributed by atoms with E-state index >= 15 is 0 Å². The van der Waals surface area contributed by atoms with Crippen molar-refractivity contribution in [3.63, 3.8) is 0 Å². The van der Waals surface area contributed by atoms with Gasteiger partial charge < -0.3 is 19.5 Å². The molecule has 1 aliphatic rings. The Kier molecular flexibility index (Phi) is 5.33. The van der Waals surface area contributed by atoms with E-state index in [1.165, 1.54) is 6.20 Å². The highest BCUT2D eigenvalue weighted by Crippen LogP contribution is 2.30. The van der Waals surface area contributed by atoms with E-state index in [1.54, 1.807) is 13.8 Å². The van der Waals surface area contributed by atoms with Gasteiger partial charge in [-0.05, 0) is 31.5 Å². The van der Waals surface area contributed by atoms with E-state index in [4.69, 9.17) is 14.2 Å². The summed E-state index contributed by atoms with van der Waals surface area (Å²) in [6.07, 6.45) is 2.36. The summed E-state index contributed by atoms with van der Waals surface area (Å²) >= 11 is 0. The third-order valence-corrected chi connectivity index (χ3v) is 3.74. The third-order valence-electron chi connectivity index (χ3n) is 3.74. The van der Waals surface area contributed by atoms with Gasteiger partial charge in [0.05, 0.1) is 31.1 Å². The summed E-state index contributed by atoms with van der Waals surface area (Å²) in [6.45, 7) is 5.70. The SMILES string of the molecule is CCOC(=O)c1cnc(NCc2ccc3c(c2)OCCCO3)nc1C. The molecule has 0 fully saturated rings. The lowest BCUT2D eigenvalue weighted by atomic mass is 10.2. The number of rotatable bonds is 5. The Morgan fingerprint density at radius 2 is 2.08 bits per heavy atom. The lowest BCUT2D eigenvalue weighted by Gasteiger charge is -2.11. The average Bonchev–Trinajstić information content (AvgIpc) is 2.85. The maximum absolute atomic E-state index is 11.8. The van der Waals surface area contributed by atoms with Gasteiger partial charge in [-0.2, -0.15) is 0 Å². The number of aryl methyl sites for hydroxylation is 1. The van der Waals surface area contributed by atoms with Gasteiger partial charge in [-0.3, -0.25) is 0 Å². The molecule has 0 unspecified atom stereocenters. The Balaban J connectivity index is 1.66. The van der Waals surface area contributed by atoms with E-state index in [2.05, 4.69) is 15.3 Å². The van der Waals surface area contributed by atoms with Crippen LogP contribution in [0.25, 0.3) is 0 Å². The molecule has 2 heterocycles. The van der Waals surface area contributed by atoms with Gasteiger partial charge in [-0.15, -0.1) is 0 Å². The molecule has 0 saturated carbocycles. The number of hydrogen-bond acceptors (Lipinski definition) is 7. The van der Waals surface area contributed by atoms with Gasteiger partial charge in [0.25, 0.3) is 0 Å². The molecule has 1 aliphatic heterocycles. The summed E-state index contributed by atoms with van der Waals surface area (Å²) in [6, 6.07) is 5.83. The molecular formula is C18H21N3O4. The van der Waals surface area contributed by atoms with Crippen LogP contribution in [0.1, 0.15) is 35.0 Å². The van der Waals surface area contributed by atoms with Crippen LogP contribution in [0.15, 0.2) is 24.4 Å². The van der Waals surface area contributed by atoms with Crippen LogP contribution in [0.2, 0.25) is 0 Å². The smallest absolute Gasteiger partial charge is 0.341 e. The minimum atomic E-state index is -0.408. The van der Waals surface area contributed by atoms with Gasteiger partial charge in [-0.1, -0.05) is 6.07 Å². The molecule has 7 heteroatoms. The van der Waals surface area contributed by atoms with E-state index < -0.39 is 5.97 Å². The first kappa shape index (κ1) is 17.0. The number of hydrogen-bond donors (Lipinski definition) is 1. The Morgan fingerprint density at radius 1 is 1.28 bits per heavy atom. The molecule has 1 N–H and O–H groups in total. The first-order valence-electron chi connectivity index (χ1n) is 8.30. The summed E-state index contributed by atoms with van der Waals surface area (Å²) in [5.74, 6) is 1.57. The van der Waals surface area contributed by atoms with Crippen molar-refractivity contribution in [1.82, 2.24) is 9.97 Å². The fraction of sp³-hybridized carbons (Fsp3) is 0.389. The van der Waals surface area contributed by atoms with E-state index in [1.807, 2.05) is 18.2 Å². The largest absolute Gasteiger partial charge is 0.490 e. The maximum Gasteiger partial charge on any atom is 0.341 e. The molecule has 7 nitrogen and oxygen atoms in total. The first-order valence-corrected chi connectivity index (χ1v) is 8.30. The van der Waals surface area contributed by atoms with E-state index in [9.17, 15) is 4.79 Å². The molecule has 0 aliphatic carbocycles. The second-order valence-corrected chi connectivity index (χ2v) is 5.60. The number of nitrogens with zero attached hydrogens (tertiary/aromatic N) is 2. The lowest BCUT2D eigenvalue weighted by molar-refractivity contribution is 0.0524. The molecule has 0 saturated heterocycles. The maximum atomic E-state index is 11.8. The van der Waals surface area contributed by atoms with Crippen LogP contribution < -0.4 is 14.8 Å². The number of esters is 1. The van der Waals surface area contributed by atoms with Crippen molar-refractivity contribution in [3.8, 4) is 11.5 Å². The Hall–Kier alpha value is -2.83. The first-order chi connectivity index (χ1) is 12.2. The van der Waals surface area contributed by atoms with Gasteiger partial charge in [0, 0.05) is 19.2 Å². The fourth-order valence-corrected chi connectivity index (χ4v) is 2.46. The van der Waals surface area contributed by atoms with Gasteiger partial charge in [0.1, 0.15) is 0 Å². The molecule has 132 valence electrons. The number of benzene rings is 1. The number of ether oxygens (including phenoxy) is 3. The van der Waals surface area contributed by atoms with Crippen LogP contribution in [-0.4, -0.2) is 35.8 Å². The topological polar surface area (TPSA) is 82.6 Å². The molecule has 2 aromatic rings. The highest BCUT2D eigenvalue weighted by atomic mass is 16.5. The molecule has 0 radical (unpaired) electrons. The van der Waals surface area contributed by atoms with Crippen LogP contribution in [-0.2, 0) is 11.3 Å². The minimum Gasteiger partial charge on any atom is -0.490 e. The van der Waals surface area contributed by atoms with E-state index in [0.29, 0.717) is 43.6 Å². The molecule has 25 heavy (non-hydrogen) atoms. The number of carbonyl (C=O) groups is 1. The van der Waals surface area contributed by atoms with E-state index in [0.717, 1.165) is 23.5 Å². The second-order valence-electron chi connectivity index (χ2n) is 5.60. The fourth-order valence-electron chi connectivity index (χ4n) is 2.46. The molecule has 1 aromatic carbocycles. The van der Waals surface area contributed by atoms with Crippen LogP contribution in [0.3, 0.4) is 0 Å². The minimum absolute atomic E-state index is 0.322. The predicted octanol–water partition coefficient (Wildman–Crippen LogP) is 2.74. The van der Waals surface area contributed by atoms with Crippen LogP contribution in [0.4, 0.5) is 5.95 Å². The van der Waals surface area contributed by atoms with Crippen LogP contribution >= 0.6 is 0 Å². The van der Waals surface area contributed by atoms with Crippen molar-refractivity contribution in [2.75, 3.05) is 25.1 Å². The zero-order valence-corrected chi connectivity index (χ0v) is 14.4. The third kappa shape index (κ3) is 4.17. The van der Waals surface area contributed by atoms with Gasteiger partial charge in [-0.25, -0.2) is 14.8 Å². The highest BCUT2D eigenvalue weighted by Gasteiger charge is 2.13. The average molecular weight is 343 g/mol. The van der Waals surface area contributed by atoms with Crippen molar-refractivity contribution in [3.05, 3.63) is 41.2 Å². The number of carbonyl (C=O) groups excluding carboxylic acids is 1. The quantitative estimate of drug-likeness (QED) is 0.836. The summed E-state index contributed by atoms with van der Waals surface area (Å²) in [5, 5.41) is 3.15. The molecule has 3 rings (SSSR count). The van der Waals surface area contributed by atoms with Crippen molar-refractivity contribution in [1.29, 1.82) is 0 Å². The van der Waals surface area contributed by atoms with Crippen LogP contribution in [0.5, 0.6) is 11.5 Å². The van der Waals surface area contributed by atoms with Crippen molar-refractivity contribution in [2.24, 2.45) is 0 Å². The van der Waals surface area contributed by atoms with Crippen LogP contribution in [0, 0.1) is 6.92 Å². The van der Waals surface area contributed by atoms with E-state index in [-0.39, 0.29) is 0 Å². The summed E-state index contributed by atoms with van der Waals surface area (Å²) in [4.78, 5) is 20.3. The van der Waals surface area contributed by atoms with Gasteiger partial charge in [0.15, 0.2) is 11.5 Å². The normalized spacial score (nSPS) is 13.0. The summed E-state index contributed by atoms with van der Waals surface area (Å²) in [5.41, 5.74) is 1.98. The molecule has 1 aromatic heterocycles. The number of aromatic nitrogens is 2. The molecular weight excluding hydrogens is 322 g/mol. The lowest BCUT2D eigenvalue weighted by Crippen LogP contribution is -2.11. The van der Waals surface area contributed by atoms with Crippen molar-refractivity contribution >= 4 is 11.9 Å². The monoisotopic (exact) mass is 343 g/mol. The van der Waals surface area contributed by atoms with Gasteiger partial charge in [0.2, 0.25) is 5.95 Å². The number of anilines is 1. The highest BCUT2D eigenvalue weighted by molar-refractivity contribution is 5.90. The zero-order chi connectivity index (χ0) is 17.6. The standard InChI is InChI=1S/C18H21N3O4/c1-3-23-17(22)14-11-20-18(21-12(14)2)19-10-13-5-6-15-16(9-13)25-8-4-7-24-15/h5-6,9,11H,3-4,7-8,10H2,1-2H3,(H,19,20,21). The molecule has 0 spiro atoms. The van der Waals surface area contributed by atoms with Crippen molar-refractivity contribution < 1.29 is 19.0 Å². The molecule has 0 atom stereocenters. The number of fused-ring (bicyclic) bond motifs is 1. The van der Waals surface area contributed by atoms with Crippen molar-refractivity contribution in [2.45, 2.75) is 26.8 Å². The Bertz CT molecular complexity index is 764. The molecule has 0 amide bonds. The number of nitrogens with one attached hydrogen (secondary N) is 1. The Morgan fingerprint density at radius 3 is 2.84 bits per heavy atom. The predicted molar refractivity (Wildman–Crippen MR) is 92.1 cm³/mol. The summed E-state index contributed by atoms with van der Waals surface area (Å²) < 4.78 is 16.3. The summed E-state index contributed by atoms with van der Waals surface area (Å²) in [7, 11) is 0. The molecule has 0 bridgehead atoms. The second kappa shape index (κ2) is 7.83.